The fourth-order valence-electron chi connectivity index (χ4n) is 2.00. The maximum atomic E-state index is 11.3. The third-order valence-electron chi connectivity index (χ3n) is 3.16. The summed E-state index contributed by atoms with van der Waals surface area (Å²) in [6, 6.07) is 10.3. The second-order valence-corrected chi connectivity index (χ2v) is 5.13. The maximum absolute atomic E-state index is 11.3. The van der Waals surface area contributed by atoms with E-state index in [-0.39, 0.29) is 11.9 Å². The van der Waals surface area contributed by atoms with Gasteiger partial charge in [0.2, 0.25) is 0 Å². The molecule has 0 saturated carbocycles. The number of benzene rings is 1. The fraction of sp³-hybridized carbons (Fsp3) is 0.267. The predicted molar refractivity (Wildman–Crippen MR) is 78.2 cm³/mol. The molecule has 0 amide bonds. The average molecular weight is 275 g/mol. The Kier molecular flexibility index (Phi) is 4.71. The Hall–Kier alpha value is -1.65. The summed E-state index contributed by atoms with van der Waals surface area (Å²) < 4.78 is 4.69. The minimum Gasteiger partial charge on any atom is -0.469 e. The van der Waals surface area contributed by atoms with Gasteiger partial charge in [-0.05, 0) is 40.1 Å². The molecule has 4 heteroatoms. The number of methoxy groups -OCH3 is 1. The van der Waals surface area contributed by atoms with Crippen LogP contribution in [0.4, 0.5) is 0 Å². The lowest BCUT2D eigenvalue weighted by Gasteiger charge is -2.14. The van der Waals surface area contributed by atoms with E-state index in [9.17, 15) is 4.79 Å². The van der Waals surface area contributed by atoms with Crippen molar-refractivity contribution in [2.45, 2.75) is 12.3 Å². The van der Waals surface area contributed by atoms with Gasteiger partial charge >= 0.3 is 5.97 Å². The van der Waals surface area contributed by atoms with Crippen LogP contribution in [-0.2, 0) is 9.53 Å². The minimum atomic E-state index is -0.225. The molecule has 0 saturated heterocycles. The van der Waals surface area contributed by atoms with Crippen LogP contribution < -0.4 is 5.73 Å². The second-order valence-electron chi connectivity index (χ2n) is 4.35. The predicted octanol–water partition coefficient (Wildman–Crippen LogP) is 3.02. The number of thiophene rings is 1. The fourth-order valence-corrected chi connectivity index (χ4v) is 2.66. The van der Waals surface area contributed by atoms with Crippen LogP contribution in [0, 0.1) is 0 Å². The largest absolute Gasteiger partial charge is 0.469 e. The highest BCUT2D eigenvalue weighted by Gasteiger charge is 2.15. The van der Waals surface area contributed by atoms with E-state index in [1.807, 2.05) is 12.1 Å². The second kappa shape index (κ2) is 6.50. The molecule has 3 nitrogen and oxygen atoms in total. The summed E-state index contributed by atoms with van der Waals surface area (Å²) in [5.74, 6) is -0.207. The molecule has 100 valence electrons. The molecule has 1 heterocycles. The number of ether oxygens (including phenoxy) is 1. The normalized spacial score (nSPS) is 12.1. The maximum Gasteiger partial charge on any atom is 0.306 e. The van der Waals surface area contributed by atoms with E-state index >= 15 is 0 Å². The molecule has 1 aromatic heterocycles. The lowest BCUT2D eigenvalue weighted by atomic mass is 9.94. The van der Waals surface area contributed by atoms with Gasteiger partial charge in [0.05, 0.1) is 13.5 Å². The molecule has 0 aliphatic rings. The van der Waals surface area contributed by atoms with Crippen molar-refractivity contribution in [1.82, 2.24) is 0 Å². The molecule has 0 aliphatic carbocycles. The summed E-state index contributed by atoms with van der Waals surface area (Å²) in [6.07, 6.45) is 0.324. The van der Waals surface area contributed by atoms with E-state index in [2.05, 4.69) is 29.0 Å². The van der Waals surface area contributed by atoms with E-state index < -0.39 is 0 Å². The first-order valence-corrected chi connectivity index (χ1v) is 7.08. The van der Waals surface area contributed by atoms with Crippen molar-refractivity contribution in [3.8, 4) is 11.1 Å². The summed E-state index contributed by atoms with van der Waals surface area (Å²) in [6.45, 7) is 0.437. The molecular formula is C15H17NO2S. The van der Waals surface area contributed by atoms with E-state index in [0.717, 1.165) is 5.56 Å². The Morgan fingerprint density at radius 2 is 2.00 bits per heavy atom. The van der Waals surface area contributed by atoms with Crippen molar-refractivity contribution in [2.75, 3.05) is 13.7 Å². The molecular weight excluding hydrogens is 258 g/mol. The summed E-state index contributed by atoms with van der Waals surface area (Å²) in [4.78, 5) is 11.3. The lowest BCUT2D eigenvalue weighted by molar-refractivity contribution is -0.141. The number of hydrogen-bond acceptors (Lipinski definition) is 4. The molecule has 2 N–H and O–H groups in total. The van der Waals surface area contributed by atoms with Gasteiger partial charge in [0.15, 0.2) is 0 Å². The van der Waals surface area contributed by atoms with E-state index in [4.69, 9.17) is 10.5 Å². The van der Waals surface area contributed by atoms with Gasteiger partial charge in [-0.2, -0.15) is 11.3 Å². The molecule has 1 atom stereocenters. The summed E-state index contributed by atoms with van der Waals surface area (Å²) in [5, 5.41) is 4.17. The number of carbonyl (C=O) groups excluding carboxylic acids is 1. The third-order valence-corrected chi connectivity index (χ3v) is 3.85. The smallest absolute Gasteiger partial charge is 0.306 e. The molecule has 1 unspecified atom stereocenters. The Morgan fingerprint density at radius 1 is 1.26 bits per heavy atom. The number of carbonyl (C=O) groups is 1. The molecule has 0 fully saturated rings. The molecule has 19 heavy (non-hydrogen) atoms. The van der Waals surface area contributed by atoms with E-state index in [1.54, 1.807) is 11.3 Å². The third kappa shape index (κ3) is 3.43. The quantitative estimate of drug-likeness (QED) is 0.853. The Balaban J connectivity index is 2.14. The molecule has 0 radical (unpaired) electrons. The number of esters is 1. The van der Waals surface area contributed by atoms with Crippen molar-refractivity contribution in [3.63, 3.8) is 0 Å². The van der Waals surface area contributed by atoms with Crippen molar-refractivity contribution in [3.05, 3.63) is 46.7 Å². The number of rotatable bonds is 5. The summed E-state index contributed by atoms with van der Waals surface area (Å²) in [5.41, 5.74) is 9.21. The van der Waals surface area contributed by atoms with Crippen molar-refractivity contribution >= 4 is 17.3 Å². The van der Waals surface area contributed by atoms with Crippen LogP contribution in [0.5, 0.6) is 0 Å². The van der Waals surface area contributed by atoms with Crippen LogP contribution in [-0.4, -0.2) is 19.6 Å². The van der Waals surface area contributed by atoms with Gasteiger partial charge in [0, 0.05) is 5.92 Å². The molecule has 0 aliphatic heterocycles. The van der Waals surface area contributed by atoms with Gasteiger partial charge in [-0.1, -0.05) is 24.3 Å². The molecule has 0 spiro atoms. The van der Waals surface area contributed by atoms with E-state index in [0.29, 0.717) is 13.0 Å². The van der Waals surface area contributed by atoms with Crippen molar-refractivity contribution < 1.29 is 9.53 Å². The first-order valence-electron chi connectivity index (χ1n) is 6.14. The van der Waals surface area contributed by atoms with Gasteiger partial charge in [-0.25, -0.2) is 0 Å². The Bertz CT molecular complexity index is 520. The SMILES string of the molecule is COC(=O)CC(CN)c1ccc(-c2ccsc2)cc1. The first kappa shape index (κ1) is 13.8. The van der Waals surface area contributed by atoms with Gasteiger partial charge in [0.25, 0.3) is 0 Å². The average Bonchev–Trinajstić information content (AvgIpc) is 2.99. The number of nitrogens with two attached hydrogens (primary N) is 1. The van der Waals surface area contributed by atoms with Crippen molar-refractivity contribution in [2.24, 2.45) is 5.73 Å². The zero-order valence-corrected chi connectivity index (χ0v) is 11.7. The zero-order valence-electron chi connectivity index (χ0n) is 10.8. The lowest BCUT2D eigenvalue weighted by Crippen LogP contribution is -2.17. The van der Waals surface area contributed by atoms with Gasteiger partial charge in [-0.15, -0.1) is 0 Å². The first-order chi connectivity index (χ1) is 9.24. The molecule has 0 bridgehead atoms. The number of hydrogen-bond donors (Lipinski definition) is 1. The molecule has 2 aromatic rings. The monoisotopic (exact) mass is 275 g/mol. The zero-order chi connectivity index (χ0) is 13.7. The van der Waals surface area contributed by atoms with Gasteiger partial charge in [0.1, 0.15) is 0 Å². The van der Waals surface area contributed by atoms with Crippen LogP contribution in [0.1, 0.15) is 17.9 Å². The van der Waals surface area contributed by atoms with Crippen LogP contribution in [0.15, 0.2) is 41.1 Å². The van der Waals surface area contributed by atoms with Crippen LogP contribution >= 0.6 is 11.3 Å². The summed E-state index contributed by atoms with van der Waals surface area (Å²) >= 11 is 1.68. The Morgan fingerprint density at radius 3 is 2.53 bits per heavy atom. The standard InChI is InChI=1S/C15H17NO2S/c1-18-15(17)8-14(9-16)12-4-2-11(3-5-12)13-6-7-19-10-13/h2-7,10,14H,8-9,16H2,1H3. The highest BCUT2D eigenvalue weighted by Crippen LogP contribution is 2.25. The Labute approximate surface area is 117 Å². The van der Waals surface area contributed by atoms with Gasteiger partial charge in [-0.3, -0.25) is 4.79 Å². The van der Waals surface area contributed by atoms with Crippen LogP contribution in [0.2, 0.25) is 0 Å². The minimum absolute atomic E-state index is 0.0176. The van der Waals surface area contributed by atoms with Gasteiger partial charge < -0.3 is 10.5 Å². The van der Waals surface area contributed by atoms with Crippen LogP contribution in [0.3, 0.4) is 0 Å². The van der Waals surface area contributed by atoms with Crippen LogP contribution in [0.25, 0.3) is 11.1 Å². The highest BCUT2D eigenvalue weighted by atomic mass is 32.1. The summed E-state index contributed by atoms with van der Waals surface area (Å²) in [7, 11) is 1.40. The van der Waals surface area contributed by atoms with Crippen molar-refractivity contribution in [1.29, 1.82) is 0 Å². The van der Waals surface area contributed by atoms with E-state index in [1.165, 1.54) is 18.2 Å². The molecule has 1 aromatic carbocycles. The molecule has 2 rings (SSSR count). The highest BCUT2D eigenvalue weighted by molar-refractivity contribution is 7.08. The topological polar surface area (TPSA) is 52.3 Å².